The minimum atomic E-state index is -0.243. The van der Waals surface area contributed by atoms with Crippen LogP contribution in [0.3, 0.4) is 0 Å². The average molecular weight is 359 g/mol. The third-order valence-corrected chi connectivity index (χ3v) is 4.55. The van der Waals surface area contributed by atoms with Gasteiger partial charge in [-0.2, -0.15) is 0 Å². The second kappa shape index (κ2) is 7.91. The Kier molecular flexibility index (Phi) is 5.01. The van der Waals surface area contributed by atoms with Crippen LogP contribution in [0.15, 0.2) is 72.9 Å². The monoisotopic (exact) mass is 359 g/mol. The molecule has 0 spiro atoms. The van der Waals surface area contributed by atoms with Crippen molar-refractivity contribution in [3.8, 4) is 11.6 Å². The number of para-hydroxylation sites is 1. The Bertz CT molecular complexity index is 922. The molecule has 1 amide bonds. The van der Waals surface area contributed by atoms with Crippen molar-refractivity contribution in [1.82, 2.24) is 4.98 Å². The Morgan fingerprint density at radius 3 is 2.59 bits per heavy atom. The van der Waals surface area contributed by atoms with Gasteiger partial charge in [-0.3, -0.25) is 4.79 Å². The first-order valence-corrected chi connectivity index (χ1v) is 9.14. The number of aromatic nitrogens is 1. The number of benzene rings is 2. The maximum atomic E-state index is 12.8. The van der Waals surface area contributed by atoms with E-state index in [1.807, 2.05) is 48.5 Å². The highest BCUT2D eigenvalue weighted by Gasteiger charge is 2.16. The lowest BCUT2D eigenvalue weighted by molar-refractivity contribution is 0.102. The molecular formula is C22H21N3O2. The lowest BCUT2D eigenvalue weighted by Gasteiger charge is -2.18. The second-order valence-corrected chi connectivity index (χ2v) is 6.47. The molecule has 0 bridgehead atoms. The smallest absolute Gasteiger partial charge is 0.261 e. The molecule has 5 nitrogen and oxygen atoms in total. The summed E-state index contributed by atoms with van der Waals surface area (Å²) in [6.45, 7) is 2.13. The van der Waals surface area contributed by atoms with Crippen molar-refractivity contribution in [1.29, 1.82) is 0 Å². The Morgan fingerprint density at radius 1 is 0.963 bits per heavy atom. The molecule has 0 saturated carbocycles. The van der Waals surface area contributed by atoms with E-state index in [9.17, 15) is 4.79 Å². The molecule has 1 N–H and O–H groups in total. The highest BCUT2D eigenvalue weighted by Crippen LogP contribution is 2.26. The number of hydrogen-bond acceptors (Lipinski definition) is 4. The van der Waals surface area contributed by atoms with Gasteiger partial charge in [0.05, 0.1) is 0 Å². The molecule has 5 heteroatoms. The molecular weight excluding hydrogens is 338 g/mol. The van der Waals surface area contributed by atoms with Gasteiger partial charge in [0, 0.05) is 30.7 Å². The summed E-state index contributed by atoms with van der Waals surface area (Å²) in [5.41, 5.74) is 2.30. The molecule has 1 aliphatic rings. The zero-order chi connectivity index (χ0) is 18.5. The van der Waals surface area contributed by atoms with E-state index in [4.69, 9.17) is 4.74 Å². The number of ether oxygens (including phenoxy) is 1. The summed E-state index contributed by atoms with van der Waals surface area (Å²) in [6.07, 6.45) is 4.04. The number of carbonyl (C=O) groups excluding carboxylic acids is 1. The maximum Gasteiger partial charge on any atom is 0.261 e. The van der Waals surface area contributed by atoms with Crippen LogP contribution in [0.1, 0.15) is 23.2 Å². The Morgan fingerprint density at radius 2 is 1.78 bits per heavy atom. The first-order valence-electron chi connectivity index (χ1n) is 9.14. The summed E-state index contributed by atoms with van der Waals surface area (Å²) in [4.78, 5) is 19.4. The normalized spacial score (nSPS) is 13.4. The lowest BCUT2D eigenvalue weighted by atomic mass is 10.2. The predicted octanol–water partition coefficient (Wildman–Crippen LogP) is 4.73. The third kappa shape index (κ3) is 4.08. The van der Waals surface area contributed by atoms with E-state index in [0.717, 1.165) is 24.5 Å². The van der Waals surface area contributed by atoms with Gasteiger partial charge in [-0.25, -0.2) is 4.98 Å². The maximum absolute atomic E-state index is 12.8. The van der Waals surface area contributed by atoms with Crippen molar-refractivity contribution in [3.63, 3.8) is 0 Å². The van der Waals surface area contributed by atoms with E-state index in [1.165, 1.54) is 12.8 Å². The number of hydrogen-bond donors (Lipinski definition) is 1. The first-order chi connectivity index (χ1) is 13.3. The van der Waals surface area contributed by atoms with Gasteiger partial charge in [0.1, 0.15) is 11.3 Å². The summed E-state index contributed by atoms with van der Waals surface area (Å²) in [6, 6.07) is 20.7. The third-order valence-electron chi connectivity index (χ3n) is 4.55. The SMILES string of the molecule is O=C(Nc1cccc(N2CCCC2)c1)c1cccnc1Oc1ccccc1. The van der Waals surface area contributed by atoms with Crippen LogP contribution in [0.4, 0.5) is 11.4 Å². The number of nitrogens with one attached hydrogen (secondary N) is 1. The first kappa shape index (κ1) is 17.1. The fraction of sp³-hybridized carbons (Fsp3) is 0.182. The van der Waals surface area contributed by atoms with Crippen molar-refractivity contribution in [3.05, 3.63) is 78.5 Å². The van der Waals surface area contributed by atoms with Crippen LogP contribution in [-0.4, -0.2) is 24.0 Å². The Balaban J connectivity index is 1.53. The van der Waals surface area contributed by atoms with Gasteiger partial charge in [0.15, 0.2) is 0 Å². The molecule has 0 unspecified atom stereocenters. The Hall–Kier alpha value is -3.34. The van der Waals surface area contributed by atoms with E-state index in [-0.39, 0.29) is 11.8 Å². The number of rotatable bonds is 5. The van der Waals surface area contributed by atoms with E-state index in [0.29, 0.717) is 11.3 Å². The van der Waals surface area contributed by atoms with Crippen LogP contribution in [0.5, 0.6) is 11.6 Å². The van der Waals surface area contributed by atoms with Crippen molar-refractivity contribution < 1.29 is 9.53 Å². The van der Waals surface area contributed by atoms with Gasteiger partial charge < -0.3 is 15.0 Å². The van der Waals surface area contributed by atoms with Crippen LogP contribution in [0, 0.1) is 0 Å². The van der Waals surface area contributed by atoms with Gasteiger partial charge in [-0.15, -0.1) is 0 Å². The quantitative estimate of drug-likeness (QED) is 0.716. The highest BCUT2D eigenvalue weighted by molar-refractivity contribution is 6.06. The van der Waals surface area contributed by atoms with Gasteiger partial charge in [-0.05, 0) is 55.3 Å². The molecule has 27 heavy (non-hydrogen) atoms. The van der Waals surface area contributed by atoms with Crippen molar-refractivity contribution >= 4 is 17.3 Å². The molecule has 1 saturated heterocycles. The minimum Gasteiger partial charge on any atom is -0.438 e. The molecule has 0 aliphatic carbocycles. The summed E-state index contributed by atoms with van der Waals surface area (Å²) in [5.74, 6) is 0.686. The Labute approximate surface area is 158 Å². The standard InChI is InChI=1S/C22H21N3O2/c26-21(24-17-8-6-9-18(16-17)25-14-4-5-15-25)20-12-7-13-23-22(20)27-19-10-2-1-3-11-19/h1-3,6-13,16H,4-5,14-15H2,(H,24,26). The largest absolute Gasteiger partial charge is 0.438 e. The molecule has 2 heterocycles. The summed E-state index contributed by atoms with van der Waals surface area (Å²) in [7, 11) is 0. The number of anilines is 2. The molecule has 2 aromatic carbocycles. The van der Waals surface area contributed by atoms with Crippen molar-refractivity contribution in [2.45, 2.75) is 12.8 Å². The van der Waals surface area contributed by atoms with Crippen LogP contribution in [-0.2, 0) is 0 Å². The molecule has 4 rings (SSSR count). The highest BCUT2D eigenvalue weighted by atomic mass is 16.5. The summed E-state index contributed by atoms with van der Waals surface area (Å²) in [5, 5.41) is 2.96. The van der Waals surface area contributed by atoms with Crippen LogP contribution < -0.4 is 15.0 Å². The van der Waals surface area contributed by atoms with Gasteiger partial charge in [-0.1, -0.05) is 24.3 Å². The topological polar surface area (TPSA) is 54.5 Å². The van der Waals surface area contributed by atoms with E-state index in [1.54, 1.807) is 18.3 Å². The number of amides is 1. The fourth-order valence-electron chi connectivity index (χ4n) is 3.20. The number of carbonyl (C=O) groups is 1. The number of nitrogens with zero attached hydrogens (tertiary/aromatic N) is 2. The summed E-state index contributed by atoms with van der Waals surface area (Å²) >= 11 is 0. The zero-order valence-electron chi connectivity index (χ0n) is 15.0. The van der Waals surface area contributed by atoms with E-state index < -0.39 is 0 Å². The van der Waals surface area contributed by atoms with Crippen molar-refractivity contribution in [2.24, 2.45) is 0 Å². The lowest BCUT2D eigenvalue weighted by Crippen LogP contribution is -2.18. The van der Waals surface area contributed by atoms with Gasteiger partial charge in [0.2, 0.25) is 5.88 Å². The molecule has 136 valence electrons. The molecule has 1 aromatic heterocycles. The molecule has 0 atom stereocenters. The molecule has 3 aromatic rings. The van der Waals surface area contributed by atoms with Crippen LogP contribution >= 0.6 is 0 Å². The van der Waals surface area contributed by atoms with E-state index in [2.05, 4.69) is 21.3 Å². The zero-order valence-corrected chi connectivity index (χ0v) is 15.0. The molecule has 0 radical (unpaired) electrons. The fourth-order valence-corrected chi connectivity index (χ4v) is 3.20. The van der Waals surface area contributed by atoms with Crippen molar-refractivity contribution in [2.75, 3.05) is 23.3 Å². The van der Waals surface area contributed by atoms with Crippen LogP contribution in [0.25, 0.3) is 0 Å². The predicted molar refractivity (Wildman–Crippen MR) is 107 cm³/mol. The van der Waals surface area contributed by atoms with E-state index >= 15 is 0 Å². The van der Waals surface area contributed by atoms with Crippen LogP contribution in [0.2, 0.25) is 0 Å². The number of pyridine rings is 1. The molecule has 1 aliphatic heterocycles. The van der Waals surface area contributed by atoms with Gasteiger partial charge >= 0.3 is 0 Å². The minimum absolute atomic E-state index is 0.243. The average Bonchev–Trinajstić information content (AvgIpc) is 3.24. The molecule has 1 fully saturated rings. The second-order valence-electron chi connectivity index (χ2n) is 6.47. The summed E-state index contributed by atoms with van der Waals surface area (Å²) < 4.78 is 5.79. The van der Waals surface area contributed by atoms with Gasteiger partial charge in [0.25, 0.3) is 5.91 Å².